The summed E-state index contributed by atoms with van der Waals surface area (Å²) in [4.78, 5) is 23.7. The van der Waals surface area contributed by atoms with E-state index in [1.165, 1.54) is 18.3 Å². The Morgan fingerprint density at radius 1 is 1.22 bits per heavy atom. The number of carbonyl (C=O) groups is 2. The second-order valence-corrected chi connectivity index (χ2v) is 6.67. The second-order valence-electron chi connectivity index (χ2n) is 5.85. The van der Waals surface area contributed by atoms with Gasteiger partial charge in [0, 0.05) is 6.21 Å². The predicted octanol–water partition coefficient (Wildman–Crippen LogP) is 2.56. The minimum atomic E-state index is -1.14. The molecule has 1 atom stereocenters. The number of rotatable bonds is 6. The monoisotopic (exact) mass is 402 g/mol. The van der Waals surface area contributed by atoms with E-state index >= 15 is 0 Å². The summed E-state index contributed by atoms with van der Waals surface area (Å²) in [5, 5.41) is 15.5. The van der Waals surface area contributed by atoms with Gasteiger partial charge in [-0.1, -0.05) is 40.8 Å². The predicted molar refractivity (Wildman–Crippen MR) is 105 cm³/mol. The van der Waals surface area contributed by atoms with Gasteiger partial charge in [-0.15, -0.1) is 0 Å². The number of hydrogen-bond donors (Lipinski definition) is 1. The highest BCUT2D eigenvalue weighted by atomic mass is 35.5. The first kappa shape index (κ1) is 19.3. The number of halogens is 2. The van der Waals surface area contributed by atoms with Gasteiger partial charge < -0.3 is 9.84 Å². The van der Waals surface area contributed by atoms with Crippen LogP contribution in [0.4, 0.5) is 5.69 Å². The number of benzene rings is 2. The van der Waals surface area contributed by atoms with E-state index in [0.29, 0.717) is 27.7 Å². The Hall–Kier alpha value is -2.51. The molecule has 0 bridgehead atoms. The SMILES string of the molecule is [B]c1ccc(OCC(=O)O)c(C(=O)C2C=NN(c3ccc(Cl)c(Cl)c3)C2)c1. The number of Topliss-reactive ketones (excluding diaryl/α,β-unsaturated/α-hetero) is 1. The number of nitrogens with zero attached hydrogens (tertiary/aromatic N) is 2. The third-order valence-electron chi connectivity index (χ3n) is 3.91. The lowest BCUT2D eigenvalue weighted by Crippen LogP contribution is -2.25. The van der Waals surface area contributed by atoms with Gasteiger partial charge in [0.25, 0.3) is 0 Å². The molecular weight excluding hydrogens is 390 g/mol. The van der Waals surface area contributed by atoms with E-state index in [-0.39, 0.29) is 17.1 Å². The summed E-state index contributed by atoms with van der Waals surface area (Å²) < 4.78 is 5.21. The van der Waals surface area contributed by atoms with Gasteiger partial charge in [-0.2, -0.15) is 5.10 Å². The molecule has 1 aliphatic rings. The topological polar surface area (TPSA) is 79.2 Å². The summed E-state index contributed by atoms with van der Waals surface area (Å²) in [7, 11) is 5.77. The minimum Gasteiger partial charge on any atom is -0.481 e. The third kappa shape index (κ3) is 4.43. The normalized spacial score (nSPS) is 15.8. The number of aliphatic carboxylic acids is 1. The van der Waals surface area contributed by atoms with E-state index in [9.17, 15) is 9.59 Å². The van der Waals surface area contributed by atoms with Crippen LogP contribution >= 0.6 is 23.2 Å². The number of carbonyl (C=O) groups excluding carboxylic acids is 1. The fraction of sp³-hybridized carbons (Fsp3) is 0.167. The van der Waals surface area contributed by atoms with Crippen LogP contribution in [0.25, 0.3) is 0 Å². The average molecular weight is 403 g/mol. The van der Waals surface area contributed by atoms with Gasteiger partial charge in [-0.3, -0.25) is 9.80 Å². The lowest BCUT2D eigenvalue weighted by molar-refractivity contribution is -0.139. The molecule has 2 aromatic rings. The summed E-state index contributed by atoms with van der Waals surface area (Å²) in [6.07, 6.45) is 1.52. The fourth-order valence-corrected chi connectivity index (χ4v) is 2.91. The Kier molecular flexibility index (Phi) is 5.72. The molecule has 2 aromatic carbocycles. The van der Waals surface area contributed by atoms with Crippen molar-refractivity contribution in [3.8, 4) is 5.75 Å². The third-order valence-corrected chi connectivity index (χ3v) is 4.65. The maximum atomic E-state index is 12.9. The smallest absolute Gasteiger partial charge is 0.341 e. The number of carboxylic acid groups (broad SMARTS) is 1. The molecule has 0 spiro atoms. The first-order valence-corrected chi connectivity index (χ1v) is 8.66. The maximum Gasteiger partial charge on any atom is 0.341 e. The van der Waals surface area contributed by atoms with Crippen LogP contribution in [0.5, 0.6) is 5.75 Å². The second kappa shape index (κ2) is 8.02. The van der Waals surface area contributed by atoms with Crippen molar-refractivity contribution < 1.29 is 19.4 Å². The van der Waals surface area contributed by atoms with E-state index < -0.39 is 18.5 Å². The van der Waals surface area contributed by atoms with Crippen LogP contribution in [0.2, 0.25) is 10.0 Å². The first-order valence-electron chi connectivity index (χ1n) is 7.90. The number of ether oxygens (including phenoxy) is 1. The first-order chi connectivity index (χ1) is 12.8. The van der Waals surface area contributed by atoms with E-state index in [1.54, 1.807) is 29.3 Å². The molecule has 1 N–H and O–H groups in total. The van der Waals surface area contributed by atoms with Crippen LogP contribution in [0.15, 0.2) is 41.5 Å². The van der Waals surface area contributed by atoms with Crippen molar-refractivity contribution in [2.45, 2.75) is 0 Å². The van der Waals surface area contributed by atoms with Gasteiger partial charge in [0.2, 0.25) is 0 Å². The molecule has 27 heavy (non-hydrogen) atoms. The van der Waals surface area contributed by atoms with Crippen LogP contribution in [-0.4, -0.2) is 44.1 Å². The van der Waals surface area contributed by atoms with E-state index in [2.05, 4.69) is 5.10 Å². The number of hydrazone groups is 1. The fourth-order valence-electron chi connectivity index (χ4n) is 2.62. The Morgan fingerprint density at radius 2 is 2.00 bits per heavy atom. The van der Waals surface area contributed by atoms with Crippen molar-refractivity contribution >= 4 is 60.2 Å². The van der Waals surface area contributed by atoms with Crippen molar-refractivity contribution in [1.29, 1.82) is 0 Å². The van der Waals surface area contributed by atoms with Crippen molar-refractivity contribution in [3.63, 3.8) is 0 Å². The molecule has 6 nitrogen and oxygen atoms in total. The number of carboxylic acids is 1. The number of hydrogen-bond acceptors (Lipinski definition) is 5. The standard InChI is InChI=1S/C18H13BCl2N2O4/c19-11-1-4-16(27-9-17(24)25)13(5-11)18(26)10-7-22-23(8-10)12-2-3-14(20)15(21)6-12/h1-7,10H,8-9H2,(H,24,25). The summed E-state index contributed by atoms with van der Waals surface area (Å²) >= 11 is 11.9. The summed E-state index contributed by atoms with van der Waals surface area (Å²) in [5.41, 5.74) is 1.28. The number of anilines is 1. The zero-order valence-electron chi connectivity index (χ0n) is 13.9. The van der Waals surface area contributed by atoms with Crippen LogP contribution < -0.4 is 15.2 Å². The van der Waals surface area contributed by atoms with Gasteiger partial charge in [-0.25, -0.2) is 4.79 Å². The van der Waals surface area contributed by atoms with E-state index in [0.717, 1.165) is 0 Å². The molecular formula is C18H13BCl2N2O4. The summed E-state index contributed by atoms with van der Waals surface area (Å²) in [5.74, 6) is -1.79. The zero-order valence-corrected chi connectivity index (χ0v) is 15.4. The van der Waals surface area contributed by atoms with Gasteiger partial charge in [0.15, 0.2) is 12.4 Å². The van der Waals surface area contributed by atoms with Gasteiger partial charge in [0.05, 0.1) is 33.8 Å². The van der Waals surface area contributed by atoms with Crippen molar-refractivity contribution in [2.75, 3.05) is 18.2 Å². The lowest BCUT2D eigenvalue weighted by atomic mass is 9.90. The Balaban J connectivity index is 1.79. The average Bonchev–Trinajstić information content (AvgIpc) is 3.12. The molecule has 136 valence electrons. The maximum absolute atomic E-state index is 12.9. The molecule has 0 aromatic heterocycles. The zero-order chi connectivity index (χ0) is 19.6. The largest absolute Gasteiger partial charge is 0.481 e. The van der Waals surface area contributed by atoms with Crippen molar-refractivity contribution in [1.82, 2.24) is 0 Å². The van der Waals surface area contributed by atoms with Gasteiger partial charge in [0.1, 0.15) is 13.6 Å². The molecule has 0 saturated carbocycles. The highest BCUT2D eigenvalue weighted by Crippen LogP contribution is 2.30. The minimum absolute atomic E-state index is 0.165. The molecule has 0 amide bonds. The van der Waals surface area contributed by atoms with Crippen molar-refractivity contribution in [3.05, 3.63) is 52.0 Å². The molecule has 9 heteroatoms. The van der Waals surface area contributed by atoms with Gasteiger partial charge >= 0.3 is 5.97 Å². The van der Waals surface area contributed by atoms with Crippen molar-refractivity contribution in [2.24, 2.45) is 11.0 Å². The molecule has 2 radical (unpaired) electrons. The molecule has 1 aliphatic heterocycles. The molecule has 3 rings (SSSR count). The number of ketones is 1. The van der Waals surface area contributed by atoms with E-state index in [4.69, 9.17) is 40.9 Å². The highest BCUT2D eigenvalue weighted by Gasteiger charge is 2.28. The lowest BCUT2D eigenvalue weighted by Gasteiger charge is -2.17. The Morgan fingerprint density at radius 3 is 2.70 bits per heavy atom. The van der Waals surface area contributed by atoms with Crippen LogP contribution in [0, 0.1) is 5.92 Å². The van der Waals surface area contributed by atoms with Crippen LogP contribution in [0.1, 0.15) is 10.4 Å². The summed E-state index contributed by atoms with van der Waals surface area (Å²) in [6, 6.07) is 9.55. The van der Waals surface area contributed by atoms with E-state index in [1.807, 2.05) is 0 Å². The van der Waals surface area contributed by atoms with Gasteiger partial charge in [-0.05, 0) is 24.3 Å². The van der Waals surface area contributed by atoms with Crippen LogP contribution in [0.3, 0.4) is 0 Å². The Labute approximate surface area is 166 Å². The molecule has 0 fully saturated rings. The Bertz CT molecular complexity index is 936. The highest BCUT2D eigenvalue weighted by molar-refractivity contribution is 6.42. The summed E-state index contributed by atoms with van der Waals surface area (Å²) in [6.45, 7) is -0.262. The molecule has 0 saturated heterocycles. The quantitative estimate of drug-likeness (QED) is 0.593. The molecule has 1 unspecified atom stereocenters. The van der Waals surface area contributed by atoms with Crippen LogP contribution in [-0.2, 0) is 4.79 Å². The molecule has 1 heterocycles. The molecule has 0 aliphatic carbocycles.